The van der Waals surface area contributed by atoms with E-state index in [9.17, 15) is 13.2 Å². The zero-order chi connectivity index (χ0) is 24.5. The molecule has 0 spiro atoms. The van der Waals surface area contributed by atoms with Crippen molar-refractivity contribution in [3.8, 4) is 11.1 Å². The number of amides is 1. The number of carbonyl (C=O) groups is 1. The number of pyridine rings is 1. The fourth-order valence-corrected chi connectivity index (χ4v) is 5.14. The summed E-state index contributed by atoms with van der Waals surface area (Å²) in [5.41, 5.74) is 6.16. The number of carbonyl (C=O) groups excluding carboxylic acids is 1. The molecule has 0 saturated carbocycles. The molecule has 0 aliphatic carbocycles. The van der Waals surface area contributed by atoms with Gasteiger partial charge in [0.1, 0.15) is 5.65 Å². The van der Waals surface area contributed by atoms with Crippen molar-refractivity contribution >= 4 is 37.7 Å². The first-order valence-corrected chi connectivity index (χ1v) is 12.9. The molecule has 1 amide bonds. The number of H-pyrrole nitrogens is 1. The second kappa shape index (κ2) is 9.56. The van der Waals surface area contributed by atoms with Crippen molar-refractivity contribution < 1.29 is 17.9 Å². The molecule has 0 radical (unpaired) electrons. The summed E-state index contributed by atoms with van der Waals surface area (Å²) in [6.45, 7) is 6.51. The molecule has 2 aromatic heterocycles. The summed E-state index contributed by atoms with van der Waals surface area (Å²) in [7, 11) is -1.77. The van der Waals surface area contributed by atoms with E-state index in [0.29, 0.717) is 13.2 Å². The molecular formula is C26H29N3O4S. The van der Waals surface area contributed by atoms with Crippen LogP contribution in [0.5, 0.6) is 0 Å². The van der Waals surface area contributed by atoms with Crippen LogP contribution in [0.1, 0.15) is 23.6 Å². The number of aromatic amines is 1. The highest BCUT2D eigenvalue weighted by Crippen LogP contribution is 2.38. The molecule has 0 bridgehead atoms. The molecule has 178 valence electrons. The molecule has 8 heteroatoms. The molecule has 2 N–H and O–H groups in total. The van der Waals surface area contributed by atoms with Gasteiger partial charge in [0.25, 0.3) is 0 Å². The Morgan fingerprint density at radius 2 is 1.97 bits per heavy atom. The number of ether oxygens (including phenoxy) is 1. The number of aromatic nitrogens is 2. The van der Waals surface area contributed by atoms with E-state index in [1.165, 1.54) is 0 Å². The number of rotatable bonds is 8. The van der Waals surface area contributed by atoms with Crippen molar-refractivity contribution in [3.63, 3.8) is 0 Å². The lowest BCUT2D eigenvalue weighted by molar-refractivity contribution is -0.120. The van der Waals surface area contributed by atoms with Crippen molar-refractivity contribution in [2.75, 3.05) is 26.0 Å². The second-order valence-electron chi connectivity index (χ2n) is 8.44. The van der Waals surface area contributed by atoms with Crippen LogP contribution in [0.3, 0.4) is 0 Å². The molecule has 4 aromatic rings. The molecule has 34 heavy (non-hydrogen) atoms. The van der Waals surface area contributed by atoms with Gasteiger partial charge in [-0.3, -0.25) is 4.79 Å². The van der Waals surface area contributed by atoms with Crippen LogP contribution in [0.25, 0.3) is 33.1 Å². The standard InChI is InChI=1S/C26H29N3O4S/c1-5-34(31,32)20-8-6-7-18(12-20)21-13-19(14-23(30)27-9-10-33-4)17(3)25-24(21)22-11-16(2)15-28-26(22)29-25/h6-8,11-13,15H,5,9-10,14H2,1-4H3,(H,27,30)(H,28,29). The third kappa shape index (κ3) is 4.56. The lowest BCUT2D eigenvalue weighted by Gasteiger charge is -2.14. The largest absolute Gasteiger partial charge is 0.383 e. The monoisotopic (exact) mass is 479 g/mol. The second-order valence-corrected chi connectivity index (χ2v) is 10.7. The highest BCUT2D eigenvalue weighted by Gasteiger charge is 2.19. The van der Waals surface area contributed by atoms with E-state index in [4.69, 9.17) is 4.74 Å². The van der Waals surface area contributed by atoms with Gasteiger partial charge in [0.05, 0.1) is 29.2 Å². The SMILES string of the molecule is CCS(=O)(=O)c1cccc(-c2cc(CC(=O)NCCOC)c(C)c3[nH]c4ncc(C)cc4c23)c1. The highest BCUT2D eigenvalue weighted by molar-refractivity contribution is 7.91. The average molecular weight is 480 g/mol. The Kier molecular flexibility index (Phi) is 6.72. The zero-order valence-corrected chi connectivity index (χ0v) is 20.7. The first kappa shape index (κ1) is 23.9. The van der Waals surface area contributed by atoms with Crippen LogP contribution >= 0.6 is 0 Å². The number of benzene rings is 2. The molecule has 0 fully saturated rings. The minimum absolute atomic E-state index is 0.0306. The molecule has 4 rings (SSSR count). The summed E-state index contributed by atoms with van der Waals surface area (Å²) in [6, 6.07) is 11.1. The fourth-order valence-electron chi connectivity index (χ4n) is 4.21. The van der Waals surface area contributed by atoms with Crippen molar-refractivity contribution in [2.24, 2.45) is 0 Å². The summed E-state index contributed by atoms with van der Waals surface area (Å²) in [6.07, 6.45) is 2.01. The van der Waals surface area contributed by atoms with Gasteiger partial charge in [-0.15, -0.1) is 0 Å². The van der Waals surface area contributed by atoms with Crippen LogP contribution in [0.4, 0.5) is 0 Å². The minimum Gasteiger partial charge on any atom is -0.383 e. The van der Waals surface area contributed by atoms with Crippen molar-refractivity contribution in [3.05, 3.63) is 59.3 Å². The van der Waals surface area contributed by atoms with Gasteiger partial charge in [-0.2, -0.15) is 0 Å². The maximum atomic E-state index is 12.6. The smallest absolute Gasteiger partial charge is 0.224 e. The van der Waals surface area contributed by atoms with E-state index in [1.54, 1.807) is 32.2 Å². The van der Waals surface area contributed by atoms with E-state index in [2.05, 4.69) is 21.4 Å². The predicted molar refractivity (Wildman–Crippen MR) is 135 cm³/mol. The van der Waals surface area contributed by atoms with E-state index in [0.717, 1.165) is 49.8 Å². The number of hydrogen-bond donors (Lipinski definition) is 2. The maximum absolute atomic E-state index is 12.6. The quantitative estimate of drug-likeness (QED) is 0.371. The molecule has 0 unspecified atom stereocenters. The fraction of sp³-hybridized carbons (Fsp3) is 0.308. The van der Waals surface area contributed by atoms with Gasteiger partial charge in [0.2, 0.25) is 5.91 Å². The lowest BCUT2D eigenvalue weighted by atomic mass is 9.92. The Hall–Kier alpha value is -3.23. The van der Waals surface area contributed by atoms with Crippen LogP contribution in [0.2, 0.25) is 0 Å². The normalized spacial score (nSPS) is 11.9. The summed E-state index contributed by atoms with van der Waals surface area (Å²) >= 11 is 0. The number of nitrogens with one attached hydrogen (secondary N) is 2. The Bertz CT molecular complexity index is 1490. The Balaban J connectivity index is 1.94. The predicted octanol–water partition coefficient (Wildman–Crippen LogP) is 4.10. The van der Waals surface area contributed by atoms with Crippen LogP contribution in [-0.4, -0.2) is 50.3 Å². The van der Waals surface area contributed by atoms with E-state index >= 15 is 0 Å². The molecule has 7 nitrogen and oxygen atoms in total. The van der Waals surface area contributed by atoms with Gasteiger partial charge < -0.3 is 15.0 Å². The van der Waals surface area contributed by atoms with Crippen LogP contribution in [0, 0.1) is 13.8 Å². The van der Waals surface area contributed by atoms with Gasteiger partial charge in [-0.05, 0) is 65.9 Å². The summed E-state index contributed by atoms with van der Waals surface area (Å²) in [5.74, 6) is -0.0686. The van der Waals surface area contributed by atoms with Gasteiger partial charge in [0, 0.05) is 30.6 Å². The van der Waals surface area contributed by atoms with E-state index in [1.807, 2.05) is 32.2 Å². The zero-order valence-electron chi connectivity index (χ0n) is 19.9. The van der Waals surface area contributed by atoms with Gasteiger partial charge >= 0.3 is 0 Å². The summed E-state index contributed by atoms with van der Waals surface area (Å²) in [5, 5.41) is 4.81. The van der Waals surface area contributed by atoms with Gasteiger partial charge in [-0.25, -0.2) is 13.4 Å². The molecule has 0 aliphatic heterocycles. The van der Waals surface area contributed by atoms with Crippen LogP contribution in [-0.2, 0) is 25.8 Å². The molecular weight excluding hydrogens is 450 g/mol. The van der Waals surface area contributed by atoms with Crippen molar-refractivity contribution in [2.45, 2.75) is 32.1 Å². The molecule has 0 saturated heterocycles. The Morgan fingerprint density at radius 3 is 2.71 bits per heavy atom. The van der Waals surface area contributed by atoms with Crippen molar-refractivity contribution in [1.82, 2.24) is 15.3 Å². The van der Waals surface area contributed by atoms with Crippen molar-refractivity contribution in [1.29, 1.82) is 0 Å². The Labute approximate surface area is 199 Å². The van der Waals surface area contributed by atoms with Gasteiger partial charge in [-0.1, -0.05) is 19.1 Å². The summed E-state index contributed by atoms with van der Waals surface area (Å²) < 4.78 is 30.2. The minimum atomic E-state index is -3.36. The number of hydrogen-bond acceptors (Lipinski definition) is 5. The first-order chi connectivity index (χ1) is 16.2. The molecule has 0 atom stereocenters. The molecule has 2 aromatic carbocycles. The van der Waals surface area contributed by atoms with Crippen LogP contribution in [0.15, 0.2) is 47.5 Å². The number of methoxy groups -OCH3 is 1. The number of sulfone groups is 1. The lowest BCUT2D eigenvalue weighted by Crippen LogP contribution is -2.28. The molecule has 0 aliphatic rings. The third-order valence-electron chi connectivity index (χ3n) is 6.10. The van der Waals surface area contributed by atoms with E-state index < -0.39 is 9.84 Å². The third-order valence-corrected chi connectivity index (χ3v) is 7.83. The van der Waals surface area contributed by atoms with E-state index in [-0.39, 0.29) is 23.0 Å². The number of fused-ring (bicyclic) bond motifs is 3. The summed E-state index contributed by atoms with van der Waals surface area (Å²) in [4.78, 5) is 20.9. The molecule has 2 heterocycles. The number of aryl methyl sites for hydroxylation is 2. The Morgan fingerprint density at radius 1 is 1.18 bits per heavy atom. The van der Waals surface area contributed by atoms with Crippen LogP contribution < -0.4 is 5.32 Å². The number of nitrogens with zero attached hydrogens (tertiary/aromatic N) is 1. The van der Waals surface area contributed by atoms with Gasteiger partial charge in [0.15, 0.2) is 9.84 Å². The topological polar surface area (TPSA) is 101 Å². The maximum Gasteiger partial charge on any atom is 0.224 e. The first-order valence-electron chi connectivity index (χ1n) is 11.2. The highest BCUT2D eigenvalue weighted by atomic mass is 32.2. The average Bonchev–Trinajstić information content (AvgIpc) is 3.20.